The normalized spacial score (nSPS) is 12.1. The third-order valence-corrected chi connectivity index (χ3v) is 4.00. The Bertz CT molecular complexity index is 1050. The molecule has 24 heavy (non-hydrogen) atoms. The molecule has 0 unspecified atom stereocenters. The molecule has 2 heterocycles. The minimum Gasteiger partial charge on any atom is -0.459 e. The zero-order valence-electron chi connectivity index (χ0n) is 13.5. The molecular formula is C17H16N4O3. The molecule has 3 aromatic rings. The van der Waals surface area contributed by atoms with Crippen LogP contribution in [0.1, 0.15) is 24.3 Å². The van der Waals surface area contributed by atoms with Crippen molar-refractivity contribution in [3.63, 3.8) is 0 Å². The molecule has 2 aromatic heterocycles. The van der Waals surface area contributed by atoms with Gasteiger partial charge in [0.05, 0.1) is 6.04 Å². The van der Waals surface area contributed by atoms with Gasteiger partial charge in [0.1, 0.15) is 23.2 Å². The van der Waals surface area contributed by atoms with E-state index < -0.39 is 11.2 Å². The van der Waals surface area contributed by atoms with Crippen LogP contribution in [0.5, 0.6) is 0 Å². The molecule has 0 saturated carbocycles. The molecule has 7 nitrogen and oxygen atoms in total. The van der Waals surface area contributed by atoms with Gasteiger partial charge >= 0.3 is 5.69 Å². The van der Waals surface area contributed by atoms with E-state index in [4.69, 9.17) is 4.42 Å². The Labute approximate surface area is 137 Å². The highest BCUT2D eigenvalue weighted by Gasteiger charge is 2.19. The topological polar surface area (TPSA) is 93.0 Å². The van der Waals surface area contributed by atoms with Gasteiger partial charge in [-0.15, -0.1) is 0 Å². The second-order valence-corrected chi connectivity index (χ2v) is 5.59. The molecule has 0 spiro atoms. The molecule has 0 aliphatic heterocycles. The van der Waals surface area contributed by atoms with Crippen LogP contribution in [0.4, 0.5) is 5.82 Å². The fourth-order valence-corrected chi connectivity index (χ4v) is 2.61. The van der Waals surface area contributed by atoms with Crippen LogP contribution >= 0.6 is 0 Å². The molecule has 7 heteroatoms. The van der Waals surface area contributed by atoms with Crippen molar-refractivity contribution in [2.75, 3.05) is 5.32 Å². The van der Waals surface area contributed by atoms with Crippen LogP contribution in [0.3, 0.4) is 0 Å². The van der Waals surface area contributed by atoms with Gasteiger partial charge < -0.3 is 9.73 Å². The molecule has 3 rings (SSSR count). The van der Waals surface area contributed by atoms with Crippen molar-refractivity contribution in [1.29, 1.82) is 5.26 Å². The van der Waals surface area contributed by atoms with E-state index >= 15 is 0 Å². The molecule has 1 N–H and O–H groups in total. The highest BCUT2D eigenvalue weighted by Crippen LogP contribution is 2.26. The Hall–Kier alpha value is -3.27. The largest absolute Gasteiger partial charge is 0.459 e. The molecule has 0 bridgehead atoms. The molecule has 1 aromatic carbocycles. The van der Waals surface area contributed by atoms with Crippen molar-refractivity contribution < 1.29 is 4.42 Å². The van der Waals surface area contributed by atoms with E-state index in [9.17, 15) is 14.9 Å². The van der Waals surface area contributed by atoms with Crippen molar-refractivity contribution in [2.24, 2.45) is 14.1 Å². The predicted octanol–water partition coefficient (Wildman–Crippen LogP) is 1.87. The van der Waals surface area contributed by atoms with Gasteiger partial charge in [0.2, 0.25) is 0 Å². The summed E-state index contributed by atoms with van der Waals surface area (Å²) >= 11 is 0. The quantitative estimate of drug-likeness (QED) is 0.794. The maximum atomic E-state index is 12.1. The molecule has 0 aliphatic carbocycles. The van der Waals surface area contributed by atoms with E-state index in [1.54, 1.807) is 0 Å². The maximum absolute atomic E-state index is 12.1. The minimum absolute atomic E-state index is 0.109. The average molecular weight is 324 g/mol. The number of fused-ring (bicyclic) bond motifs is 1. The SMILES string of the molecule is C[C@@H](Nc1c(C#N)c(=O)n(C)c(=O)n1C)c1cc2ccccc2o1. The monoisotopic (exact) mass is 324 g/mol. The number of anilines is 1. The smallest absolute Gasteiger partial charge is 0.332 e. The summed E-state index contributed by atoms with van der Waals surface area (Å²) in [5.41, 5.74) is -0.486. The zero-order valence-corrected chi connectivity index (χ0v) is 13.5. The third-order valence-electron chi connectivity index (χ3n) is 4.00. The molecule has 122 valence electrons. The Kier molecular flexibility index (Phi) is 3.73. The van der Waals surface area contributed by atoms with Gasteiger partial charge in [-0.1, -0.05) is 18.2 Å². The Morgan fingerprint density at radius 1 is 1.21 bits per heavy atom. The number of hydrogen-bond donors (Lipinski definition) is 1. The zero-order chi connectivity index (χ0) is 17.4. The number of nitrogens with one attached hydrogen (secondary N) is 1. The maximum Gasteiger partial charge on any atom is 0.332 e. The van der Waals surface area contributed by atoms with E-state index in [0.717, 1.165) is 15.5 Å². The molecular weight excluding hydrogens is 308 g/mol. The summed E-state index contributed by atoms with van der Waals surface area (Å²) in [6, 6.07) is 11.0. The van der Waals surface area contributed by atoms with Crippen LogP contribution in [0, 0.1) is 11.3 Å². The van der Waals surface area contributed by atoms with Gasteiger partial charge in [-0.05, 0) is 19.1 Å². The van der Waals surface area contributed by atoms with Gasteiger partial charge in [0.15, 0.2) is 5.56 Å². The van der Waals surface area contributed by atoms with Crippen LogP contribution in [-0.4, -0.2) is 9.13 Å². The fourth-order valence-electron chi connectivity index (χ4n) is 2.61. The summed E-state index contributed by atoms with van der Waals surface area (Å²) in [6.07, 6.45) is 0. The Morgan fingerprint density at radius 3 is 2.58 bits per heavy atom. The summed E-state index contributed by atoms with van der Waals surface area (Å²) in [5, 5.41) is 13.3. The first-order valence-electron chi connectivity index (χ1n) is 7.39. The van der Waals surface area contributed by atoms with E-state index in [2.05, 4.69) is 5.32 Å². The molecule has 0 aliphatic rings. The van der Waals surface area contributed by atoms with E-state index in [0.29, 0.717) is 5.76 Å². The molecule has 0 amide bonds. The first-order chi connectivity index (χ1) is 11.4. The van der Waals surface area contributed by atoms with Crippen LogP contribution in [0.25, 0.3) is 11.0 Å². The van der Waals surface area contributed by atoms with Gasteiger partial charge in [-0.2, -0.15) is 5.26 Å². The Balaban J connectivity index is 2.06. The van der Waals surface area contributed by atoms with E-state index in [1.807, 2.05) is 43.3 Å². The number of benzene rings is 1. The number of nitriles is 1. The van der Waals surface area contributed by atoms with Gasteiger partial charge in [-0.25, -0.2) is 4.79 Å². The van der Waals surface area contributed by atoms with Crippen LogP contribution in [-0.2, 0) is 14.1 Å². The van der Waals surface area contributed by atoms with Crippen molar-refractivity contribution in [3.05, 3.63) is 62.5 Å². The van der Waals surface area contributed by atoms with E-state index in [1.165, 1.54) is 18.7 Å². The lowest BCUT2D eigenvalue weighted by molar-refractivity contribution is 0.523. The number of nitrogens with zero attached hydrogens (tertiary/aromatic N) is 3. The first kappa shape index (κ1) is 15.6. The number of para-hydroxylation sites is 1. The van der Waals surface area contributed by atoms with Gasteiger partial charge in [0, 0.05) is 19.5 Å². The summed E-state index contributed by atoms with van der Waals surface area (Å²) in [5.74, 6) is 0.826. The third kappa shape index (κ3) is 2.38. The van der Waals surface area contributed by atoms with Crippen molar-refractivity contribution >= 4 is 16.8 Å². The van der Waals surface area contributed by atoms with Gasteiger partial charge in [-0.3, -0.25) is 13.9 Å². The van der Waals surface area contributed by atoms with Crippen molar-refractivity contribution in [1.82, 2.24) is 9.13 Å². The lowest BCUT2D eigenvalue weighted by Gasteiger charge is -2.17. The lowest BCUT2D eigenvalue weighted by atomic mass is 10.2. The number of furan rings is 1. The van der Waals surface area contributed by atoms with Crippen LogP contribution in [0.15, 0.2) is 44.3 Å². The van der Waals surface area contributed by atoms with E-state index in [-0.39, 0.29) is 17.4 Å². The average Bonchev–Trinajstić information content (AvgIpc) is 3.02. The lowest BCUT2D eigenvalue weighted by Crippen LogP contribution is -2.40. The van der Waals surface area contributed by atoms with Gasteiger partial charge in [0.25, 0.3) is 5.56 Å². The highest BCUT2D eigenvalue weighted by atomic mass is 16.3. The minimum atomic E-state index is -0.625. The summed E-state index contributed by atoms with van der Waals surface area (Å²) in [4.78, 5) is 24.2. The summed E-state index contributed by atoms with van der Waals surface area (Å²) in [7, 11) is 2.86. The molecule has 0 fully saturated rings. The van der Waals surface area contributed by atoms with Crippen molar-refractivity contribution in [2.45, 2.75) is 13.0 Å². The van der Waals surface area contributed by atoms with Crippen LogP contribution in [0.2, 0.25) is 0 Å². The van der Waals surface area contributed by atoms with Crippen molar-refractivity contribution in [3.8, 4) is 6.07 Å². The molecule has 1 atom stereocenters. The second kappa shape index (κ2) is 5.74. The standard InChI is InChI=1S/C17H16N4O3/c1-10(14-8-11-6-4-5-7-13(11)24-14)19-15-12(9-18)16(22)21(3)17(23)20(15)2/h4-8,10,19H,1-3H3/t10-/m1/s1. The predicted molar refractivity (Wildman–Crippen MR) is 89.9 cm³/mol. The Morgan fingerprint density at radius 2 is 1.92 bits per heavy atom. The van der Waals surface area contributed by atoms with Crippen LogP contribution < -0.4 is 16.6 Å². The fraction of sp³-hybridized carbons (Fsp3) is 0.235. The highest BCUT2D eigenvalue weighted by molar-refractivity contribution is 5.77. The molecule has 0 saturated heterocycles. The summed E-state index contributed by atoms with van der Waals surface area (Å²) in [6.45, 7) is 1.83. The second-order valence-electron chi connectivity index (χ2n) is 5.59. The first-order valence-corrected chi connectivity index (χ1v) is 7.39. The number of hydrogen-bond acceptors (Lipinski definition) is 5. The molecule has 0 radical (unpaired) electrons. The number of aromatic nitrogens is 2. The summed E-state index contributed by atoms with van der Waals surface area (Å²) < 4.78 is 7.94. The number of rotatable bonds is 3.